The highest BCUT2D eigenvalue weighted by Gasteiger charge is 2.28. The molecule has 1 N–H and O–H groups in total. The first-order valence-electron chi connectivity index (χ1n) is 10.8. The first-order valence-corrected chi connectivity index (χ1v) is 10.8. The largest absolute Gasteiger partial charge is 0.370 e. The molecule has 2 aromatic carbocycles. The summed E-state index contributed by atoms with van der Waals surface area (Å²) in [5, 5.41) is 3.13. The van der Waals surface area contributed by atoms with E-state index in [1.165, 1.54) is 43.5 Å². The van der Waals surface area contributed by atoms with Crippen molar-refractivity contribution >= 4 is 23.2 Å². The van der Waals surface area contributed by atoms with E-state index >= 15 is 0 Å². The molecule has 0 aromatic heterocycles. The van der Waals surface area contributed by atoms with E-state index in [1.54, 1.807) is 4.90 Å². The third-order valence-electron chi connectivity index (χ3n) is 6.10. The normalized spacial score (nSPS) is 17.6. The molecule has 2 amide bonds. The summed E-state index contributed by atoms with van der Waals surface area (Å²) in [5.41, 5.74) is 2.44. The number of halogens is 1. The minimum atomic E-state index is -0.355. The summed E-state index contributed by atoms with van der Waals surface area (Å²) in [6.45, 7) is 3.11. The average Bonchev–Trinajstić information content (AvgIpc) is 2.80. The summed E-state index contributed by atoms with van der Waals surface area (Å²) < 4.78 is 13.1. The molecule has 30 heavy (non-hydrogen) atoms. The zero-order valence-corrected chi connectivity index (χ0v) is 17.1. The van der Waals surface area contributed by atoms with Crippen LogP contribution in [0.1, 0.15) is 42.5 Å². The second kappa shape index (κ2) is 9.28. The first kappa shape index (κ1) is 20.4. The maximum Gasteiger partial charge on any atom is 0.253 e. The summed E-state index contributed by atoms with van der Waals surface area (Å²) in [6, 6.07) is 13.6. The quantitative estimate of drug-likeness (QED) is 0.819. The lowest BCUT2D eigenvalue weighted by atomic mass is 9.95. The molecule has 0 atom stereocenters. The molecule has 2 saturated heterocycles. The molecular weight excluding hydrogens is 381 g/mol. The molecule has 0 saturated carbocycles. The molecule has 0 aliphatic carbocycles. The molecule has 0 spiro atoms. The van der Waals surface area contributed by atoms with Crippen LogP contribution in [0.4, 0.5) is 15.8 Å². The Balaban J connectivity index is 1.35. The van der Waals surface area contributed by atoms with E-state index in [4.69, 9.17) is 0 Å². The van der Waals surface area contributed by atoms with Crippen molar-refractivity contribution in [1.29, 1.82) is 0 Å². The van der Waals surface area contributed by atoms with E-state index in [1.807, 2.05) is 18.2 Å². The van der Waals surface area contributed by atoms with E-state index < -0.39 is 0 Å². The van der Waals surface area contributed by atoms with Crippen LogP contribution in [0.3, 0.4) is 0 Å². The van der Waals surface area contributed by atoms with Crippen molar-refractivity contribution in [1.82, 2.24) is 4.90 Å². The number of hydrogen-bond donors (Lipinski definition) is 1. The van der Waals surface area contributed by atoms with Crippen LogP contribution in [0, 0.1) is 11.7 Å². The molecule has 0 bridgehead atoms. The van der Waals surface area contributed by atoms with Crippen LogP contribution in [0.2, 0.25) is 0 Å². The molecule has 158 valence electrons. The second-order valence-corrected chi connectivity index (χ2v) is 8.13. The number of carbonyl (C=O) groups is 2. The van der Waals surface area contributed by atoms with Gasteiger partial charge in [-0.15, -0.1) is 0 Å². The van der Waals surface area contributed by atoms with Gasteiger partial charge in [-0.3, -0.25) is 9.59 Å². The van der Waals surface area contributed by atoms with Gasteiger partial charge >= 0.3 is 0 Å². The topological polar surface area (TPSA) is 52.7 Å². The number of para-hydroxylation sites is 2. The zero-order chi connectivity index (χ0) is 20.9. The number of nitrogens with one attached hydrogen (secondary N) is 1. The van der Waals surface area contributed by atoms with Crippen LogP contribution < -0.4 is 10.2 Å². The zero-order valence-electron chi connectivity index (χ0n) is 17.1. The number of carbonyl (C=O) groups excluding carboxylic acids is 2. The summed E-state index contributed by atoms with van der Waals surface area (Å²) in [7, 11) is 0. The van der Waals surface area contributed by atoms with Crippen LogP contribution in [0.5, 0.6) is 0 Å². The molecule has 0 unspecified atom stereocenters. The highest BCUT2D eigenvalue weighted by Crippen LogP contribution is 2.29. The van der Waals surface area contributed by atoms with Crippen molar-refractivity contribution in [2.45, 2.75) is 32.1 Å². The third kappa shape index (κ3) is 4.64. The smallest absolute Gasteiger partial charge is 0.253 e. The van der Waals surface area contributed by atoms with Crippen LogP contribution in [0.25, 0.3) is 0 Å². The maximum absolute atomic E-state index is 13.1. The van der Waals surface area contributed by atoms with Gasteiger partial charge in [-0.2, -0.15) is 0 Å². The molecule has 2 aromatic rings. The predicted octanol–water partition coefficient (Wildman–Crippen LogP) is 4.31. The Kier molecular flexibility index (Phi) is 6.31. The lowest BCUT2D eigenvalue weighted by molar-refractivity contribution is -0.121. The van der Waals surface area contributed by atoms with Gasteiger partial charge in [-0.25, -0.2) is 4.39 Å². The van der Waals surface area contributed by atoms with Gasteiger partial charge in [0.15, 0.2) is 0 Å². The second-order valence-electron chi connectivity index (χ2n) is 8.13. The van der Waals surface area contributed by atoms with E-state index in [-0.39, 0.29) is 23.5 Å². The Morgan fingerprint density at radius 2 is 1.53 bits per heavy atom. The number of hydrogen-bond acceptors (Lipinski definition) is 3. The Labute approximate surface area is 176 Å². The third-order valence-corrected chi connectivity index (χ3v) is 6.10. The number of anilines is 2. The molecule has 2 aliphatic heterocycles. The number of rotatable bonds is 4. The maximum atomic E-state index is 13.1. The van der Waals surface area contributed by atoms with E-state index in [0.29, 0.717) is 31.5 Å². The van der Waals surface area contributed by atoms with Crippen molar-refractivity contribution in [2.75, 3.05) is 36.4 Å². The van der Waals surface area contributed by atoms with Gasteiger partial charge in [0.2, 0.25) is 5.91 Å². The number of nitrogens with zero attached hydrogens (tertiary/aromatic N) is 2. The van der Waals surface area contributed by atoms with E-state index in [9.17, 15) is 14.0 Å². The van der Waals surface area contributed by atoms with Crippen LogP contribution in [0.15, 0.2) is 48.5 Å². The lowest BCUT2D eigenvalue weighted by Crippen LogP contribution is -2.41. The molecule has 2 fully saturated rings. The molecule has 2 heterocycles. The highest BCUT2D eigenvalue weighted by molar-refractivity contribution is 5.97. The van der Waals surface area contributed by atoms with Crippen LogP contribution in [-0.2, 0) is 4.79 Å². The Morgan fingerprint density at radius 1 is 0.867 bits per heavy atom. The summed E-state index contributed by atoms with van der Waals surface area (Å²) in [5.74, 6) is -0.555. The standard InChI is InChI=1S/C24H28FN3O2/c25-20-10-8-19(9-11-20)24(30)28-16-12-18(13-17-28)23(29)26-21-6-2-3-7-22(21)27-14-4-1-5-15-27/h2-3,6-11,18H,1,4-5,12-17H2,(H,26,29). The summed E-state index contributed by atoms with van der Waals surface area (Å²) in [4.78, 5) is 29.6. The van der Waals surface area contributed by atoms with Crippen molar-refractivity contribution < 1.29 is 14.0 Å². The molecule has 6 heteroatoms. The fraction of sp³-hybridized carbons (Fsp3) is 0.417. The van der Waals surface area contributed by atoms with Gasteiger partial charge in [0.1, 0.15) is 5.82 Å². The lowest BCUT2D eigenvalue weighted by Gasteiger charge is -2.33. The summed E-state index contributed by atoms with van der Waals surface area (Å²) >= 11 is 0. The SMILES string of the molecule is O=C(Nc1ccccc1N1CCCCC1)C1CCN(C(=O)c2ccc(F)cc2)CC1. The van der Waals surface area contributed by atoms with Gasteiger partial charge in [0.05, 0.1) is 11.4 Å². The molecule has 4 rings (SSSR count). The molecule has 5 nitrogen and oxygen atoms in total. The highest BCUT2D eigenvalue weighted by atomic mass is 19.1. The van der Waals surface area contributed by atoms with E-state index in [2.05, 4.69) is 16.3 Å². The monoisotopic (exact) mass is 409 g/mol. The molecular formula is C24H28FN3O2. The number of amides is 2. The Bertz CT molecular complexity index is 886. The minimum Gasteiger partial charge on any atom is -0.370 e. The van der Waals surface area contributed by atoms with E-state index in [0.717, 1.165) is 24.5 Å². The summed E-state index contributed by atoms with van der Waals surface area (Å²) in [6.07, 6.45) is 4.89. The van der Waals surface area contributed by atoms with Crippen LogP contribution in [-0.4, -0.2) is 42.9 Å². The van der Waals surface area contributed by atoms with Crippen LogP contribution >= 0.6 is 0 Å². The number of likely N-dealkylation sites (tertiary alicyclic amines) is 1. The fourth-order valence-electron chi connectivity index (χ4n) is 4.34. The van der Waals surface area contributed by atoms with Gasteiger partial charge in [-0.05, 0) is 68.5 Å². The fourth-order valence-corrected chi connectivity index (χ4v) is 4.34. The minimum absolute atomic E-state index is 0.0216. The number of piperidine rings is 2. The molecule has 2 aliphatic rings. The van der Waals surface area contributed by atoms with Gasteiger partial charge in [-0.1, -0.05) is 12.1 Å². The van der Waals surface area contributed by atoms with Crippen molar-refractivity contribution in [3.8, 4) is 0 Å². The Morgan fingerprint density at radius 3 is 2.23 bits per heavy atom. The van der Waals surface area contributed by atoms with Gasteiger partial charge < -0.3 is 15.1 Å². The van der Waals surface area contributed by atoms with Crippen molar-refractivity contribution in [3.63, 3.8) is 0 Å². The Hall–Kier alpha value is -2.89. The van der Waals surface area contributed by atoms with Gasteiger partial charge in [0, 0.05) is 37.7 Å². The predicted molar refractivity (Wildman–Crippen MR) is 116 cm³/mol. The van der Waals surface area contributed by atoms with Crippen molar-refractivity contribution in [2.24, 2.45) is 5.92 Å². The first-order chi connectivity index (χ1) is 14.6. The van der Waals surface area contributed by atoms with Gasteiger partial charge in [0.25, 0.3) is 5.91 Å². The average molecular weight is 410 g/mol. The molecule has 0 radical (unpaired) electrons. The van der Waals surface area contributed by atoms with Crippen molar-refractivity contribution in [3.05, 3.63) is 59.9 Å². The number of benzene rings is 2.